The summed E-state index contributed by atoms with van der Waals surface area (Å²) in [6.07, 6.45) is 7.15. The van der Waals surface area contributed by atoms with Gasteiger partial charge in [-0.15, -0.1) is 0 Å². The highest BCUT2D eigenvalue weighted by atomic mass is 16.6. The molecule has 11 unspecified atom stereocenters. The molecule has 2 saturated heterocycles. The van der Waals surface area contributed by atoms with Crippen LogP contribution in [0.2, 0.25) is 0 Å². The maximum Gasteiger partial charge on any atom is 0.334 e. The van der Waals surface area contributed by atoms with Gasteiger partial charge in [-0.05, 0) is 68.8 Å². The van der Waals surface area contributed by atoms with Crippen LogP contribution in [0, 0.1) is 45.8 Å². The fourth-order valence-corrected chi connectivity index (χ4v) is 10.5. The quantitative estimate of drug-likeness (QED) is 0.311. The van der Waals surface area contributed by atoms with Crippen LogP contribution >= 0.6 is 0 Å². The molecule has 2 bridgehead atoms. The van der Waals surface area contributed by atoms with E-state index in [1.165, 1.54) is 5.57 Å². The number of Topliss-reactive ketones (excluding diaryl/α,β-unsaturated/α-hetero) is 1. The van der Waals surface area contributed by atoms with Crippen molar-refractivity contribution in [3.05, 3.63) is 35.5 Å². The molecule has 11 atom stereocenters. The van der Waals surface area contributed by atoms with E-state index in [9.17, 15) is 19.5 Å². The normalized spacial score (nSPS) is 54.8. The van der Waals surface area contributed by atoms with E-state index in [1.807, 2.05) is 13.8 Å². The standard InChI is InChI=1S/C30H36O6/c1-14-10-22-20(11-19-15(2)21(31)12-18(14)19)29(26(33)35-22)13-27(4)8-9-30(29)24(27)23-17(6-7-28(30,5)34)16(3)25(32)36-23/h8-9,14,17-18,20,22-24,34H,3,6-7,10-13H2,1-2,4-5H3. The zero-order chi connectivity index (χ0) is 25.6. The summed E-state index contributed by atoms with van der Waals surface area (Å²) in [5, 5.41) is 12.4. The third-order valence-electron chi connectivity index (χ3n) is 12.0. The minimum atomic E-state index is -1.19. The van der Waals surface area contributed by atoms with Crippen LogP contribution in [0.25, 0.3) is 0 Å². The minimum absolute atomic E-state index is 0.133. The topological polar surface area (TPSA) is 89.9 Å². The van der Waals surface area contributed by atoms with Crippen LogP contribution in [0.1, 0.15) is 66.2 Å². The van der Waals surface area contributed by atoms with Crippen LogP contribution in [-0.4, -0.2) is 40.6 Å². The largest absolute Gasteiger partial charge is 0.462 e. The molecule has 0 aromatic heterocycles. The molecule has 2 aliphatic heterocycles. The van der Waals surface area contributed by atoms with Crippen molar-refractivity contribution in [2.45, 2.75) is 84.0 Å². The Kier molecular flexibility index (Phi) is 4.22. The van der Waals surface area contributed by atoms with Gasteiger partial charge in [0.05, 0.1) is 11.0 Å². The number of rotatable bonds is 0. The summed E-state index contributed by atoms with van der Waals surface area (Å²) in [5.74, 6) is -0.430. The number of allylic oxidation sites excluding steroid dienone is 3. The number of hydrogen-bond donors (Lipinski definition) is 1. The van der Waals surface area contributed by atoms with Crippen LogP contribution in [0.5, 0.6) is 0 Å². The van der Waals surface area contributed by atoms with E-state index in [1.54, 1.807) is 0 Å². The van der Waals surface area contributed by atoms with Crippen LogP contribution in [0.4, 0.5) is 0 Å². The average molecular weight is 493 g/mol. The maximum absolute atomic E-state index is 14.2. The predicted octanol–water partition coefficient (Wildman–Crippen LogP) is 4.07. The maximum atomic E-state index is 14.2. The van der Waals surface area contributed by atoms with Gasteiger partial charge in [-0.3, -0.25) is 9.59 Å². The first kappa shape index (κ1) is 22.9. The van der Waals surface area contributed by atoms with Crippen molar-refractivity contribution in [1.29, 1.82) is 0 Å². The Labute approximate surface area is 212 Å². The number of ketones is 1. The second-order valence-electron chi connectivity index (χ2n) is 13.5. The zero-order valence-electron chi connectivity index (χ0n) is 21.6. The Bertz CT molecular complexity index is 1210. The van der Waals surface area contributed by atoms with Crippen molar-refractivity contribution in [2.75, 3.05) is 0 Å². The molecule has 5 aliphatic carbocycles. The van der Waals surface area contributed by atoms with Gasteiger partial charge in [0.1, 0.15) is 12.2 Å². The summed E-state index contributed by atoms with van der Waals surface area (Å²) < 4.78 is 12.3. The van der Waals surface area contributed by atoms with Gasteiger partial charge in [-0.2, -0.15) is 0 Å². The highest BCUT2D eigenvalue weighted by Gasteiger charge is 2.84. The highest BCUT2D eigenvalue weighted by Crippen LogP contribution is 2.81. The van der Waals surface area contributed by atoms with E-state index in [4.69, 9.17) is 9.47 Å². The Hall–Kier alpha value is -2.21. The molecule has 1 N–H and O–H groups in total. The van der Waals surface area contributed by atoms with Crippen molar-refractivity contribution >= 4 is 17.7 Å². The molecule has 6 nitrogen and oxygen atoms in total. The molecule has 0 radical (unpaired) electrons. The van der Waals surface area contributed by atoms with Crippen molar-refractivity contribution in [3.63, 3.8) is 0 Å². The lowest BCUT2D eigenvalue weighted by Gasteiger charge is -2.53. The molecular weight excluding hydrogens is 456 g/mol. The number of esters is 2. The Morgan fingerprint density at radius 3 is 2.58 bits per heavy atom. The number of ether oxygens (including phenoxy) is 2. The van der Waals surface area contributed by atoms with Gasteiger partial charge in [0.25, 0.3) is 0 Å². The SMILES string of the molecule is C=C1C(=O)OC2C1CCC(C)(O)C13C=CC(C)(CC14C(=O)OC1CC(C)C5CC(=O)C(C)=C5CC14)C23. The summed E-state index contributed by atoms with van der Waals surface area (Å²) in [7, 11) is 0. The van der Waals surface area contributed by atoms with Gasteiger partial charge in [0.15, 0.2) is 5.78 Å². The number of aliphatic hydroxyl groups is 1. The second-order valence-corrected chi connectivity index (χ2v) is 13.5. The number of fused-ring (bicyclic) bond motifs is 4. The van der Waals surface area contributed by atoms with Gasteiger partial charge in [0, 0.05) is 35.2 Å². The van der Waals surface area contributed by atoms with Gasteiger partial charge >= 0.3 is 11.9 Å². The fraction of sp³-hybridized carbons (Fsp3) is 0.700. The van der Waals surface area contributed by atoms with E-state index in [-0.39, 0.29) is 53.4 Å². The average Bonchev–Trinajstić information content (AvgIpc) is 3.46. The van der Waals surface area contributed by atoms with Crippen LogP contribution in [0.15, 0.2) is 35.5 Å². The molecular formula is C30H36O6. The lowest BCUT2D eigenvalue weighted by molar-refractivity contribution is -0.175. The summed E-state index contributed by atoms with van der Waals surface area (Å²) in [6, 6.07) is 0. The molecule has 2 heterocycles. The third-order valence-corrected chi connectivity index (χ3v) is 12.0. The van der Waals surface area contributed by atoms with E-state index >= 15 is 0 Å². The Balaban J connectivity index is 1.44. The van der Waals surface area contributed by atoms with Crippen LogP contribution in [-0.2, 0) is 23.9 Å². The first-order valence-corrected chi connectivity index (χ1v) is 13.6. The minimum Gasteiger partial charge on any atom is -0.462 e. The summed E-state index contributed by atoms with van der Waals surface area (Å²) >= 11 is 0. The first-order chi connectivity index (χ1) is 16.9. The van der Waals surface area contributed by atoms with E-state index in [0.717, 1.165) is 12.0 Å². The van der Waals surface area contributed by atoms with E-state index < -0.39 is 27.9 Å². The van der Waals surface area contributed by atoms with E-state index in [0.29, 0.717) is 37.7 Å². The zero-order valence-corrected chi connectivity index (χ0v) is 21.6. The number of carbonyl (C=O) groups excluding carboxylic acids is 3. The van der Waals surface area contributed by atoms with Gasteiger partial charge < -0.3 is 14.6 Å². The monoisotopic (exact) mass is 492 g/mol. The molecule has 0 aromatic rings. The Morgan fingerprint density at radius 2 is 1.83 bits per heavy atom. The molecule has 1 spiro atoms. The summed E-state index contributed by atoms with van der Waals surface area (Å²) in [5.41, 5.74) is -0.949. The summed E-state index contributed by atoms with van der Waals surface area (Å²) in [6.45, 7) is 12.2. The lowest BCUT2D eigenvalue weighted by atomic mass is 9.49. The molecule has 0 aromatic carbocycles. The van der Waals surface area contributed by atoms with Gasteiger partial charge in [-0.25, -0.2) is 4.79 Å². The molecule has 192 valence electrons. The number of carbonyl (C=O) groups is 3. The fourth-order valence-electron chi connectivity index (χ4n) is 10.5. The summed E-state index contributed by atoms with van der Waals surface area (Å²) in [4.78, 5) is 39.7. The van der Waals surface area contributed by atoms with Gasteiger partial charge in [0.2, 0.25) is 0 Å². The molecule has 0 amide bonds. The first-order valence-electron chi connectivity index (χ1n) is 13.6. The van der Waals surface area contributed by atoms with Crippen LogP contribution < -0.4 is 0 Å². The predicted molar refractivity (Wildman–Crippen MR) is 130 cm³/mol. The Morgan fingerprint density at radius 1 is 1.08 bits per heavy atom. The van der Waals surface area contributed by atoms with Crippen molar-refractivity contribution in [3.8, 4) is 0 Å². The molecule has 36 heavy (non-hydrogen) atoms. The third kappa shape index (κ3) is 2.29. The lowest BCUT2D eigenvalue weighted by Crippen LogP contribution is -2.60. The van der Waals surface area contributed by atoms with Crippen LogP contribution in [0.3, 0.4) is 0 Å². The molecule has 6 heteroatoms. The molecule has 7 rings (SSSR count). The number of hydrogen-bond acceptors (Lipinski definition) is 6. The van der Waals surface area contributed by atoms with Gasteiger partial charge in [-0.1, -0.05) is 38.2 Å². The van der Waals surface area contributed by atoms with Crippen molar-refractivity contribution in [1.82, 2.24) is 0 Å². The van der Waals surface area contributed by atoms with Crippen molar-refractivity contribution in [2.24, 2.45) is 45.8 Å². The highest BCUT2D eigenvalue weighted by molar-refractivity contribution is 5.98. The molecule has 5 fully saturated rings. The van der Waals surface area contributed by atoms with E-state index in [2.05, 4.69) is 32.6 Å². The van der Waals surface area contributed by atoms with Crippen molar-refractivity contribution < 1.29 is 29.0 Å². The second kappa shape index (κ2) is 6.61. The smallest absolute Gasteiger partial charge is 0.334 e. The molecule has 3 saturated carbocycles. The molecule has 7 aliphatic rings.